The van der Waals surface area contributed by atoms with Crippen molar-refractivity contribution in [1.29, 1.82) is 0 Å². The molecule has 146 valence electrons. The molecule has 7 heteroatoms. The largest absolute Gasteiger partial charge is 0.353 e. The van der Waals surface area contributed by atoms with Gasteiger partial charge in [-0.05, 0) is 51.3 Å². The van der Waals surface area contributed by atoms with Gasteiger partial charge in [-0.2, -0.15) is 0 Å². The molecule has 0 saturated heterocycles. The molecule has 6 nitrogen and oxygen atoms in total. The summed E-state index contributed by atoms with van der Waals surface area (Å²) in [6.45, 7) is 6.55. The summed E-state index contributed by atoms with van der Waals surface area (Å²) in [6, 6.07) is 9.91. The van der Waals surface area contributed by atoms with Crippen LogP contribution in [0, 0.1) is 6.92 Å². The number of anilines is 1. The third-order valence-corrected chi connectivity index (χ3v) is 5.98. The van der Waals surface area contributed by atoms with Crippen molar-refractivity contribution in [2.75, 3.05) is 17.2 Å². The topological polar surface area (TPSA) is 71.0 Å². The number of H-pyrrole nitrogens is 1. The maximum atomic E-state index is 13.0. The van der Waals surface area contributed by atoms with Gasteiger partial charge in [-0.3, -0.25) is 14.2 Å². The molecular weight excluding hydrogens is 372 g/mol. The van der Waals surface area contributed by atoms with Crippen LogP contribution in [0.3, 0.4) is 0 Å². The molecule has 0 fully saturated rings. The number of carbonyl (C=O) groups is 1. The van der Waals surface area contributed by atoms with E-state index in [1.54, 1.807) is 4.57 Å². The lowest BCUT2D eigenvalue weighted by Gasteiger charge is -2.29. The Kier molecular flexibility index (Phi) is 5.02. The van der Waals surface area contributed by atoms with Crippen LogP contribution in [0.4, 0.5) is 5.69 Å². The Morgan fingerprint density at radius 3 is 2.89 bits per heavy atom. The van der Waals surface area contributed by atoms with Crippen LogP contribution in [-0.4, -0.2) is 32.7 Å². The first-order chi connectivity index (χ1) is 13.5. The summed E-state index contributed by atoms with van der Waals surface area (Å²) in [5, 5.41) is 0.588. The van der Waals surface area contributed by atoms with Crippen molar-refractivity contribution in [3.63, 3.8) is 0 Å². The first-order valence-electron chi connectivity index (χ1n) is 9.58. The molecule has 1 amide bonds. The number of thioether (sulfide) groups is 1. The Morgan fingerprint density at radius 1 is 1.32 bits per heavy atom. The molecule has 2 aromatic heterocycles. The number of nitrogens with zero attached hydrogens (tertiary/aromatic N) is 3. The smallest absolute Gasteiger partial charge is 0.278 e. The van der Waals surface area contributed by atoms with Crippen LogP contribution in [0.15, 0.2) is 40.3 Å². The highest BCUT2D eigenvalue weighted by molar-refractivity contribution is 7.99. The fourth-order valence-corrected chi connectivity index (χ4v) is 4.75. The van der Waals surface area contributed by atoms with Crippen LogP contribution in [-0.2, 0) is 11.2 Å². The van der Waals surface area contributed by atoms with E-state index in [0.717, 1.165) is 30.8 Å². The van der Waals surface area contributed by atoms with Gasteiger partial charge in [0.1, 0.15) is 5.52 Å². The van der Waals surface area contributed by atoms with E-state index < -0.39 is 0 Å². The standard InChI is InChI=1S/C21H24N4O2S/c1-13(2)25-20(27)19-16(11-14(3)22-19)23-21(25)28-12-18(26)24-10-6-8-15-7-4-5-9-17(15)24/h4-5,7,9,11,13,22H,6,8,10,12H2,1-3H3. The van der Waals surface area contributed by atoms with Gasteiger partial charge in [0.15, 0.2) is 5.16 Å². The minimum Gasteiger partial charge on any atom is -0.353 e. The van der Waals surface area contributed by atoms with Crippen molar-refractivity contribution < 1.29 is 4.79 Å². The Bertz CT molecular complexity index is 1100. The van der Waals surface area contributed by atoms with Crippen LogP contribution in [0.25, 0.3) is 11.0 Å². The van der Waals surface area contributed by atoms with Gasteiger partial charge in [-0.25, -0.2) is 4.98 Å². The predicted octanol–water partition coefficient (Wildman–Crippen LogP) is 3.69. The summed E-state index contributed by atoms with van der Waals surface area (Å²) in [7, 11) is 0. The number of carbonyl (C=O) groups excluding carboxylic acids is 1. The van der Waals surface area contributed by atoms with Crippen molar-refractivity contribution in [3.8, 4) is 0 Å². The molecule has 1 aliphatic rings. The molecule has 3 heterocycles. The minimum absolute atomic E-state index is 0.0404. The number of nitrogens with one attached hydrogen (secondary N) is 1. The maximum absolute atomic E-state index is 13.0. The Hall–Kier alpha value is -2.54. The molecule has 4 rings (SSSR count). The summed E-state index contributed by atoms with van der Waals surface area (Å²) in [5.74, 6) is 0.301. The molecule has 0 bridgehead atoms. The van der Waals surface area contributed by atoms with Crippen molar-refractivity contribution in [3.05, 3.63) is 51.9 Å². The second kappa shape index (κ2) is 7.47. The lowest BCUT2D eigenvalue weighted by atomic mass is 10.0. The van der Waals surface area contributed by atoms with Gasteiger partial charge in [-0.1, -0.05) is 30.0 Å². The van der Waals surface area contributed by atoms with Gasteiger partial charge in [-0.15, -0.1) is 0 Å². The summed E-state index contributed by atoms with van der Waals surface area (Å²) < 4.78 is 1.67. The van der Waals surface area contributed by atoms with E-state index in [-0.39, 0.29) is 23.3 Å². The molecule has 1 aliphatic heterocycles. The van der Waals surface area contributed by atoms with Crippen LogP contribution < -0.4 is 10.5 Å². The average Bonchev–Trinajstić information content (AvgIpc) is 3.06. The number of aryl methyl sites for hydroxylation is 2. The predicted molar refractivity (Wildman–Crippen MR) is 113 cm³/mol. The van der Waals surface area contributed by atoms with Gasteiger partial charge in [0.25, 0.3) is 5.56 Å². The van der Waals surface area contributed by atoms with Crippen LogP contribution >= 0.6 is 11.8 Å². The molecule has 0 radical (unpaired) electrons. The second-order valence-electron chi connectivity index (χ2n) is 7.44. The molecule has 0 aliphatic carbocycles. The summed E-state index contributed by atoms with van der Waals surface area (Å²) in [6.07, 6.45) is 1.97. The normalized spacial score (nSPS) is 13.9. The summed E-state index contributed by atoms with van der Waals surface area (Å²) in [5.41, 5.74) is 4.20. The van der Waals surface area contributed by atoms with E-state index in [1.165, 1.54) is 17.3 Å². The first-order valence-corrected chi connectivity index (χ1v) is 10.6. The number of aromatic amines is 1. The highest BCUT2D eigenvalue weighted by Crippen LogP contribution is 2.28. The van der Waals surface area contributed by atoms with Gasteiger partial charge in [0.2, 0.25) is 5.91 Å². The van der Waals surface area contributed by atoms with E-state index in [1.807, 2.05) is 49.9 Å². The molecule has 0 unspecified atom stereocenters. The van der Waals surface area contributed by atoms with Gasteiger partial charge < -0.3 is 9.88 Å². The summed E-state index contributed by atoms with van der Waals surface area (Å²) >= 11 is 1.34. The Labute approximate surface area is 168 Å². The number of rotatable bonds is 4. The summed E-state index contributed by atoms with van der Waals surface area (Å²) in [4.78, 5) is 35.5. The number of benzene rings is 1. The number of para-hydroxylation sites is 1. The lowest BCUT2D eigenvalue weighted by molar-refractivity contribution is -0.116. The highest BCUT2D eigenvalue weighted by Gasteiger charge is 2.23. The maximum Gasteiger partial charge on any atom is 0.278 e. The van der Waals surface area contributed by atoms with Crippen molar-refractivity contribution in [2.24, 2.45) is 0 Å². The monoisotopic (exact) mass is 396 g/mol. The minimum atomic E-state index is -0.0913. The highest BCUT2D eigenvalue weighted by atomic mass is 32.2. The van der Waals surface area contributed by atoms with Crippen LogP contribution in [0.2, 0.25) is 0 Å². The quantitative estimate of drug-likeness (QED) is 0.539. The van der Waals surface area contributed by atoms with Crippen LogP contribution in [0.5, 0.6) is 0 Å². The number of fused-ring (bicyclic) bond motifs is 2. The second-order valence-corrected chi connectivity index (χ2v) is 8.38. The van der Waals surface area contributed by atoms with E-state index in [4.69, 9.17) is 0 Å². The molecule has 0 saturated carbocycles. The Balaban J connectivity index is 1.62. The van der Waals surface area contributed by atoms with E-state index in [2.05, 4.69) is 16.0 Å². The van der Waals surface area contributed by atoms with Crippen molar-refractivity contribution in [1.82, 2.24) is 14.5 Å². The van der Waals surface area contributed by atoms with Gasteiger partial charge >= 0.3 is 0 Å². The fraction of sp³-hybridized carbons (Fsp3) is 0.381. The molecular formula is C21H24N4O2S. The molecule has 0 atom stereocenters. The zero-order chi connectivity index (χ0) is 19.8. The molecule has 28 heavy (non-hydrogen) atoms. The SMILES string of the molecule is Cc1cc2nc(SCC(=O)N3CCCc4ccccc43)n(C(C)C)c(=O)c2[nH]1. The average molecular weight is 397 g/mol. The van der Waals surface area contributed by atoms with Gasteiger partial charge in [0, 0.05) is 24.0 Å². The number of hydrogen-bond acceptors (Lipinski definition) is 4. The fourth-order valence-electron chi connectivity index (χ4n) is 3.74. The van der Waals surface area contributed by atoms with Crippen LogP contribution in [0.1, 0.15) is 37.6 Å². The van der Waals surface area contributed by atoms with E-state index in [0.29, 0.717) is 16.2 Å². The lowest BCUT2D eigenvalue weighted by Crippen LogP contribution is -2.37. The zero-order valence-corrected chi connectivity index (χ0v) is 17.2. The van der Waals surface area contributed by atoms with Crippen molar-refractivity contribution >= 4 is 34.4 Å². The number of aromatic nitrogens is 3. The third-order valence-electron chi connectivity index (χ3n) is 5.04. The Morgan fingerprint density at radius 2 is 2.11 bits per heavy atom. The molecule has 0 spiro atoms. The van der Waals surface area contributed by atoms with E-state index in [9.17, 15) is 9.59 Å². The molecule has 1 N–H and O–H groups in total. The van der Waals surface area contributed by atoms with E-state index >= 15 is 0 Å². The molecule has 1 aromatic carbocycles. The zero-order valence-electron chi connectivity index (χ0n) is 16.4. The number of hydrogen-bond donors (Lipinski definition) is 1. The van der Waals surface area contributed by atoms with Crippen molar-refractivity contribution in [2.45, 2.75) is 44.8 Å². The third kappa shape index (κ3) is 3.35. The number of amides is 1. The molecule has 3 aromatic rings. The first kappa shape index (κ1) is 18.8. The van der Waals surface area contributed by atoms with Gasteiger partial charge in [0.05, 0.1) is 11.3 Å².